The summed E-state index contributed by atoms with van der Waals surface area (Å²) >= 11 is 1.22. The summed E-state index contributed by atoms with van der Waals surface area (Å²) in [6.45, 7) is 6.02. The molecule has 0 saturated heterocycles. The largest absolute Gasteiger partial charge is 0.495 e. The van der Waals surface area contributed by atoms with Gasteiger partial charge in [0.2, 0.25) is 11.8 Å². The first-order chi connectivity index (χ1) is 15.9. The molecule has 0 unspecified atom stereocenters. The van der Waals surface area contributed by atoms with E-state index in [1.54, 1.807) is 7.11 Å². The molecule has 1 aromatic heterocycles. The number of methoxy groups -OCH3 is 1. The van der Waals surface area contributed by atoms with E-state index < -0.39 is 5.25 Å². The van der Waals surface area contributed by atoms with Gasteiger partial charge in [0.25, 0.3) is 5.22 Å². The zero-order chi connectivity index (χ0) is 23.4. The predicted octanol–water partition coefficient (Wildman–Crippen LogP) is 6.14. The van der Waals surface area contributed by atoms with Crippen molar-refractivity contribution in [3.05, 3.63) is 89.0 Å². The van der Waals surface area contributed by atoms with Crippen LogP contribution in [0.2, 0.25) is 0 Å². The first-order valence-electron chi connectivity index (χ1n) is 10.5. The van der Waals surface area contributed by atoms with Crippen LogP contribution in [0.15, 0.2) is 76.4 Å². The van der Waals surface area contributed by atoms with Gasteiger partial charge in [0.1, 0.15) is 11.0 Å². The Balaban J connectivity index is 1.62. The number of hydrogen-bond acceptors (Lipinski definition) is 6. The van der Waals surface area contributed by atoms with Crippen molar-refractivity contribution < 1.29 is 13.9 Å². The number of amides is 1. The minimum Gasteiger partial charge on any atom is -0.495 e. The van der Waals surface area contributed by atoms with E-state index in [-0.39, 0.29) is 5.91 Å². The van der Waals surface area contributed by atoms with E-state index in [9.17, 15) is 4.79 Å². The summed E-state index contributed by atoms with van der Waals surface area (Å²) in [4.78, 5) is 13.4. The second kappa shape index (κ2) is 9.92. The van der Waals surface area contributed by atoms with E-state index in [0.29, 0.717) is 22.6 Å². The average molecular weight is 460 g/mol. The third-order valence-corrected chi connectivity index (χ3v) is 6.14. The Hall–Kier alpha value is -3.58. The van der Waals surface area contributed by atoms with Crippen molar-refractivity contribution in [1.29, 1.82) is 0 Å². The fourth-order valence-corrected chi connectivity index (χ4v) is 4.47. The molecule has 0 fully saturated rings. The van der Waals surface area contributed by atoms with E-state index in [0.717, 1.165) is 27.8 Å². The molecule has 3 aromatic carbocycles. The molecule has 4 rings (SSSR count). The summed E-state index contributed by atoms with van der Waals surface area (Å²) in [6, 6.07) is 21.3. The van der Waals surface area contributed by atoms with Crippen LogP contribution in [0.3, 0.4) is 0 Å². The zero-order valence-corrected chi connectivity index (χ0v) is 19.8. The predicted molar refractivity (Wildman–Crippen MR) is 131 cm³/mol. The molecular weight excluding hydrogens is 434 g/mol. The van der Waals surface area contributed by atoms with E-state index >= 15 is 0 Å². The molecule has 6 nitrogen and oxygen atoms in total. The van der Waals surface area contributed by atoms with Crippen LogP contribution >= 0.6 is 11.8 Å². The Kier molecular flexibility index (Phi) is 6.79. The summed E-state index contributed by atoms with van der Waals surface area (Å²) in [5, 5.41) is 11.1. The molecule has 168 valence electrons. The molecule has 0 saturated carbocycles. The van der Waals surface area contributed by atoms with Crippen LogP contribution in [0.5, 0.6) is 5.75 Å². The molecule has 1 heterocycles. The van der Waals surface area contributed by atoms with Crippen LogP contribution in [0.25, 0.3) is 11.5 Å². The first-order valence-corrected chi connectivity index (χ1v) is 11.4. The second-order valence-corrected chi connectivity index (χ2v) is 8.91. The van der Waals surface area contributed by atoms with E-state index in [2.05, 4.69) is 21.6 Å². The van der Waals surface area contributed by atoms with Crippen LogP contribution in [-0.2, 0) is 4.79 Å². The van der Waals surface area contributed by atoms with Crippen molar-refractivity contribution in [1.82, 2.24) is 10.2 Å². The van der Waals surface area contributed by atoms with Crippen molar-refractivity contribution in [2.45, 2.75) is 31.2 Å². The summed E-state index contributed by atoms with van der Waals surface area (Å²) in [5.74, 6) is 0.818. The smallest absolute Gasteiger partial charge is 0.277 e. The number of nitrogens with zero attached hydrogens (tertiary/aromatic N) is 2. The van der Waals surface area contributed by atoms with Gasteiger partial charge < -0.3 is 14.5 Å². The van der Waals surface area contributed by atoms with Gasteiger partial charge in [-0.25, -0.2) is 0 Å². The van der Waals surface area contributed by atoms with Crippen molar-refractivity contribution in [2.75, 3.05) is 12.4 Å². The lowest BCUT2D eigenvalue weighted by molar-refractivity contribution is -0.115. The van der Waals surface area contributed by atoms with Gasteiger partial charge in [-0.1, -0.05) is 53.6 Å². The maximum absolute atomic E-state index is 13.4. The van der Waals surface area contributed by atoms with E-state index in [1.807, 2.05) is 81.4 Å². The van der Waals surface area contributed by atoms with Gasteiger partial charge in [0.15, 0.2) is 0 Å². The second-order valence-electron chi connectivity index (χ2n) is 7.85. The summed E-state index contributed by atoms with van der Waals surface area (Å²) in [7, 11) is 1.58. The van der Waals surface area contributed by atoms with Crippen LogP contribution in [0.4, 0.5) is 5.69 Å². The third-order valence-electron chi connectivity index (χ3n) is 5.05. The summed E-state index contributed by atoms with van der Waals surface area (Å²) in [5.41, 5.74) is 5.56. The summed E-state index contributed by atoms with van der Waals surface area (Å²) < 4.78 is 11.3. The van der Waals surface area contributed by atoms with E-state index in [1.165, 1.54) is 11.8 Å². The molecule has 0 aliphatic carbocycles. The van der Waals surface area contributed by atoms with Crippen molar-refractivity contribution >= 4 is 23.4 Å². The lowest BCUT2D eigenvalue weighted by atomic mass is 10.1. The normalized spacial score (nSPS) is 11.8. The zero-order valence-electron chi connectivity index (χ0n) is 19.0. The minimum absolute atomic E-state index is 0.207. The van der Waals surface area contributed by atoms with Crippen LogP contribution < -0.4 is 10.1 Å². The Bertz CT molecular complexity index is 1250. The van der Waals surface area contributed by atoms with Gasteiger partial charge >= 0.3 is 0 Å². The maximum atomic E-state index is 13.4. The average Bonchev–Trinajstić information content (AvgIpc) is 3.26. The standard InChI is InChI=1S/C26H25N3O3S/c1-16-10-11-22(31-4)21(15-16)27-24(30)23(19-8-6-5-7-9-19)33-26-29-28-25(32-26)20-13-17(2)12-18(3)14-20/h5-15,23H,1-4H3,(H,27,30)/t23-/m0/s1. The van der Waals surface area contributed by atoms with Crippen molar-refractivity contribution in [2.24, 2.45) is 0 Å². The Morgan fingerprint density at radius 2 is 1.67 bits per heavy atom. The van der Waals surface area contributed by atoms with Crippen LogP contribution in [0.1, 0.15) is 27.5 Å². The lowest BCUT2D eigenvalue weighted by Crippen LogP contribution is -2.19. The highest BCUT2D eigenvalue weighted by Gasteiger charge is 2.26. The third kappa shape index (κ3) is 5.43. The number of benzene rings is 3. The van der Waals surface area contributed by atoms with Crippen LogP contribution in [0, 0.1) is 20.8 Å². The molecule has 7 heteroatoms. The Morgan fingerprint density at radius 1 is 0.939 bits per heavy atom. The number of hydrogen-bond donors (Lipinski definition) is 1. The minimum atomic E-state index is -0.594. The number of aryl methyl sites for hydroxylation is 3. The van der Waals surface area contributed by atoms with Gasteiger partial charge in [0.05, 0.1) is 12.8 Å². The topological polar surface area (TPSA) is 77.2 Å². The molecule has 1 N–H and O–H groups in total. The quantitative estimate of drug-likeness (QED) is 0.334. The number of carbonyl (C=O) groups excluding carboxylic acids is 1. The number of nitrogens with one attached hydrogen (secondary N) is 1. The molecule has 1 amide bonds. The molecule has 0 radical (unpaired) electrons. The first kappa shape index (κ1) is 22.6. The highest BCUT2D eigenvalue weighted by atomic mass is 32.2. The maximum Gasteiger partial charge on any atom is 0.277 e. The lowest BCUT2D eigenvalue weighted by Gasteiger charge is -2.17. The van der Waals surface area contributed by atoms with E-state index in [4.69, 9.17) is 9.15 Å². The molecule has 0 spiro atoms. The van der Waals surface area contributed by atoms with Gasteiger partial charge in [0, 0.05) is 5.56 Å². The molecule has 0 aliphatic heterocycles. The molecule has 33 heavy (non-hydrogen) atoms. The number of ether oxygens (including phenoxy) is 1. The number of rotatable bonds is 7. The van der Waals surface area contributed by atoms with Gasteiger partial charge in [-0.15, -0.1) is 10.2 Å². The fourth-order valence-electron chi connectivity index (χ4n) is 3.59. The molecule has 4 aromatic rings. The highest BCUT2D eigenvalue weighted by molar-refractivity contribution is 8.00. The van der Waals surface area contributed by atoms with Crippen LogP contribution in [-0.4, -0.2) is 23.2 Å². The van der Waals surface area contributed by atoms with Crippen molar-refractivity contribution in [3.8, 4) is 17.2 Å². The molecule has 0 aliphatic rings. The summed E-state index contributed by atoms with van der Waals surface area (Å²) in [6.07, 6.45) is 0. The molecular formula is C26H25N3O3S. The fraction of sp³-hybridized carbons (Fsp3) is 0.192. The Labute approximate surface area is 197 Å². The van der Waals surface area contributed by atoms with Crippen molar-refractivity contribution in [3.63, 3.8) is 0 Å². The monoisotopic (exact) mass is 459 g/mol. The highest BCUT2D eigenvalue weighted by Crippen LogP contribution is 2.37. The van der Waals surface area contributed by atoms with Gasteiger partial charge in [-0.05, 0) is 67.9 Å². The van der Waals surface area contributed by atoms with Gasteiger partial charge in [-0.3, -0.25) is 4.79 Å². The SMILES string of the molecule is COc1ccc(C)cc1NC(=O)[C@@H](Sc1nnc(-c2cc(C)cc(C)c2)o1)c1ccccc1. The Morgan fingerprint density at radius 3 is 2.36 bits per heavy atom. The number of thioether (sulfide) groups is 1. The number of aromatic nitrogens is 2. The van der Waals surface area contributed by atoms with Gasteiger partial charge in [-0.2, -0.15) is 0 Å². The molecule has 1 atom stereocenters. The molecule has 0 bridgehead atoms. The number of carbonyl (C=O) groups is 1. The number of anilines is 1.